The number of hydrogen-bond donors (Lipinski definition) is 1. The van der Waals surface area contributed by atoms with Crippen molar-refractivity contribution >= 4 is 28.3 Å². The number of aromatic nitrogens is 2. The number of benzene rings is 2. The average Bonchev–Trinajstić information content (AvgIpc) is 3.45. The number of piperidine rings is 1. The molecule has 9 heteroatoms. The fraction of sp³-hybridized carbons (Fsp3) is 0.515. The molecular weight excluding hydrogens is 548 g/mol. The molecule has 0 spiro atoms. The number of likely N-dealkylation sites (tertiary alicyclic amines) is 1. The predicted molar refractivity (Wildman–Crippen MR) is 169 cm³/mol. The van der Waals surface area contributed by atoms with E-state index in [-0.39, 0.29) is 11.8 Å². The van der Waals surface area contributed by atoms with E-state index in [1.54, 1.807) is 4.90 Å². The average molecular weight is 593 g/mol. The third-order valence-corrected chi connectivity index (χ3v) is 8.98. The maximum absolute atomic E-state index is 13.4. The van der Waals surface area contributed by atoms with Gasteiger partial charge in [-0.2, -0.15) is 0 Å². The number of carbonyl (C=O) groups is 2. The highest BCUT2D eigenvalue weighted by Gasteiger charge is 2.25. The maximum atomic E-state index is 13.4. The van der Waals surface area contributed by atoms with Crippen molar-refractivity contribution in [3.8, 4) is 16.3 Å². The lowest BCUT2D eigenvalue weighted by atomic mass is 9.97. The number of rotatable bonds is 13. The number of carboxylic acids is 1. The van der Waals surface area contributed by atoms with E-state index < -0.39 is 5.97 Å². The van der Waals surface area contributed by atoms with E-state index in [4.69, 9.17) is 4.74 Å². The molecule has 8 nitrogen and oxygen atoms in total. The van der Waals surface area contributed by atoms with Crippen LogP contribution in [-0.4, -0.2) is 64.9 Å². The van der Waals surface area contributed by atoms with E-state index in [1.807, 2.05) is 26.0 Å². The van der Waals surface area contributed by atoms with Gasteiger partial charge < -0.3 is 9.84 Å². The minimum absolute atomic E-state index is 0.0340. The molecule has 0 unspecified atom stereocenters. The molecule has 226 valence electrons. The molecule has 0 atom stereocenters. The molecule has 0 saturated carbocycles. The Morgan fingerprint density at radius 2 is 1.76 bits per heavy atom. The summed E-state index contributed by atoms with van der Waals surface area (Å²) in [7, 11) is 0. The number of hydrogen-bond acceptors (Lipinski definition) is 7. The van der Waals surface area contributed by atoms with Crippen LogP contribution in [0.1, 0.15) is 74.6 Å². The third-order valence-electron chi connectivity index (χ3n) is 7.98. The third kappa shape index (κ3) is 8.16. The Bertz CT molecular complexity index is 1320. The summed E-state index contributed by atoms with van der Waals surface area (Å²) in [6, 6.07) is 12.4. The molecule has 1 aromatic heterocycles. The summed E-state index contributed by atoms with van der Waals surface area (Å²) in [5.74, 6) is 0.448. The van der Waals surface area contributed by atoms with Crippen molar-refractivity contribution in [2.75, 3.05) is 37.7 Å². The molecule has 1 fully saturated rings. The number of aliphatic carboxylic acids is 1. The van der Waals surface area contributed by atoms with Crippen molar-refractivity contribution in [1.82, 2.24) is 15.1 Å². The first-order chi connectivity index (χ1) is 20.2. The Labute approximate surface area is 253 Å². The minimum atomic E-state index is -0.688. The van der Waals surface area contributed by atoms with Gasteiger partial charge in [0.05, 0.1) is 12.3 Å². The maximum Gasteiger partial charge on any atom is 0.306 e. The highest BCUT2D eigenvalue weighted by molar-refractivity contribution is 7.18. The monoisotopic (exact) mass is 592 g/mol. The number of aryl methyl sites for hydroxylation is 2. The molecule has 1 aliphatic rings. The lowest BCUT2D eigenvalue weighted by Crippen LogP contribution is -2.38. The van der Waals surface area contributed by atoms with E-state index >= 15 is 0 Å². The van der Waals surface area contributed by atoms with Crippen LogP contribution in [0.2, 0.25) is 0 Å². The van der Waals surface area contributed by atoms with Crippen LogP contribution in [0.4, 0.5) is 5.13 Å². The van der Waals surface area contributed by atoms with Gasteiger partial charge in [0, 0.05) is 18.7 Å². The van der Waals surface area contributed by atoms with Gasteiger partial charge in [0.2, 0.25) is 11.0 Å². The van der Waals surface area contributed by atoms with Gasteiger partial charge in [-0.05, 0) is 86.5 Å². The molecule has 2 heterocycles. The summed E-state index contributed by atoms with van der Waals surface area (Å²) in [4.78, 5) is 28.7. The molecular formula is C33H44N4O4S. The van der Waals surface area contributed by atoms with Gasteiger partial charge >= 0.3 is 5.97 Å². The number of carboxylic acid groups (broad SMARTS) is 1. The van der Waals surface area contributed by atoms with E-state index in [1.165, 1.54) is 16.9 Å². The molecule has 2 aromatic carbocycles. The highest BCUT2D eigenvalue weighted by Crippen LogP contribution is 2.34. The number of anilines is 1. The van der Waals surface area contributed by atoms with Gasteiger partial charge in [0.15, 0.2) is 0 Å². The van der Waals surface area contributed by atoms with Crippen molar-refractivity contribution < 1.29 is 19.4 Å². The Morgan fingerprint density at radius 3 is 2.36 bits per heavy atom. The van der Waals surface area contributed by atoms with Crippen LogP contribution in [0.5, 0.6) is 5.75 Å². The van der Waals surface area contributed by atoms with Gasteiger partial charge in [-0.25, -0.2) is 0 Å². The van der Waals surface area contributed by atoms with Crippen molar-refractivity contribution in [3.63, 3.8) is 0 Å². The Hall–Kier alpha value is -3.30. The summed E-state index contributed by atoms with van der Waals surface area (Å²) < 4.78 is 6.19. The second-order valence-electron chi connectivity index (χ2n) is 11.6. The molecule has 0 bridgehead atoms. The molecule has 3 aromatic rings. The Balaban J connectivity index is 1.41. The fourth-order valence-corrected chi connectivity index (χ4v) is 6.23. The fourth-order valence-electron chi connectivity index (χ4n) is 5.36. The zero-order chi connectivity index (χ0) is 30.2. The summed E-state index contributed by atoms with van der Waals surface area (Å²) in [5, 5.41) is 19.5. The van der Waals surface area contributed by atoms with E-state index in [9.17, 15) is 14.7 Å². The number of ether oxygens (including phenoxy) is 1. The molecule has 1 saturated heterocycles. The van der Waals surface area contributed by atoms with Crippen LogP contribution < -0.4 is 9.64 Å². The molecule has 4 rings (SSSR count). The molecule has 1 amide bonds. The van der Waals surface area contributed by atoms with Gasteiger partial charge in [0.25, 0.3) is 0 Å². The molecule has 1 aliphatic heterocycles. The predicted octanol–water partition coefficient (Wildman–Crippen LogP) is 6.50. The first kappa shape index (κ1) is 31.6. The second kappa shape index (κ2) is 14.7. The minimum Gasteiger partial charge on any atom is -0.492 e. The number of amides is 1. The number of unbranched alkanes of at least 4 members (excludes halogenated alkanes) is 1. The van der Waals surface area contributed by atoms with E-state index in [0.717, 1.165) is 65.5 Å². The summed E-state index contributed by atoms with van der Waals surface area (Å²) in [6.07, 6.45) is 3.60. The normalized spacial score (nSPS) is 14.3. The van der Waals surface area contributed by atoms with E-state index in [0.29, 0.717) is 43.5 Å². The van der Waals surface area contributed by atoms with Gasteiger partial charge in [0.1, 0.15) is 17.4 Å². The zero-order valence-corrected chi connectivity index (χ0v) is 26.4. The second-order valence-corrected chi connectivity index (χ2v) is 12.6. The topological polar surface area (TPSA) is 95.9 Å². The highest BCUT2D eigenvalue weighted by atomic mass is 32.1. The van der Waals surface area contributed by atoms with Gasteiger partial charge in [-0.15, -0.1) is 10.2 Å². The standard InChI is InChI=1S/C33H44N4O4S/c1-6-7-14-37(29(38)21-25-8-10-26(11-9-25)22(2)3)33-35-34-31(42-33)28-19-23(4)30(24(5)20-28)41-18-17-36-15-12-27(13-16-36)32(39)40/h8-11,19-20,22,27H,6-7,12-18,21H2,1-5H3,(H,39,40). The lowest BCUT2D eigenvalue weighted by Gasteiger charge is -2.30. The van der Waals surface area contributed by atoms with Crippen molar-refractivity contribution in [1.29, 1.82) is 0 Å². The van der Waals surface area contributed by atoms with Gasteiger partial charge in [-0.1, -0.05) is 62.8 Å². The summed E-state index contributed by atoms with van der Waals surface area (Å²) >= 11 is 1.45. The van der Waals surface area contributed by atoms with Crippen LogP contribution in [0.3, 0.4) is 0 Å². The summed E-state index contributed by atoms with van der Waals surface area (Å²) in [6.45, 7) is 14.0. The van der Waals surface area contributed by atoms with E-state index in [2.05, 4.69) is 60.1 Å². The first-order valence-corrected chi connectivity index (χ1v) is 15.9. The quantitative estimate of drug-likeness (QED) is 0.242. The van der Waals surface area contributed by atoms with Crippen LogP contribution >= 0.6 is 11.3 Å². The van der Waals surface area contributed by atoms with Crippen LogP contribution in [0.15, 0.2) is 36.4 Å². The van der Waals surface area contributed by atoms with Crippen molar-refractivity contribution in [2.45, 2.75) is 72.6 Å². The zero-order valence-electron chi connectivity index (χ0n) is 25.6. The molecule has 0 radical (unpaired) electrons. The largest absolute Gasteiger partial charge is 0.492 e. The van der Waals surface area contributed by atoms with Crippen molar-refractivity contribution in [2.24, 2.45) is 5.92 Å². The Morgan fingerprint density at radius 1 is 1.10 bits per heavy atom. The number of nitrogens with zero attached hydrogens (tertiary/aromatic N) is 4. The number of carbonyl (C=O) groups excluding carboxylic acids is 1. The molecule has 0 aliphatic carbocycles. The smallest absolute Gasteiger partial charge is 0.306 e. The lowest BCUT2D eigenvalue weighted by molar-refractivity contribution is -0.143. The van der Waals surface area contributed by atoms with Crippen LogP contribution in [0, 0.1) is 19.8 Å². The van der Waals surface area contributed by atoms with Crippen LogP contribution in [-0.2, 0) is 16.0 Å². The molecule has 1 N–H and O–H groups in total. The van der Waals surface area contributed by atoms with Gasteiger partial charge in [-0.3, -0.25) is 19.4 Å². The Kier molecular flexibility index (Phi) is 11.1. The SMILES string of the molecule is CCCCN(C(=O)Cc1ccc(C(C)C)cc1)c1nnc(-c2cc(C)c(OCCN3CCC(C(=O)O)CC3)c(C)c2)s1. The molecule has 42 heavy (non-hydrogen) atoms. The van der Waals surface area contributed by atoms with Crippen LogP contribution in [0.25, 0.3) is 10.6 Å². The van der Waals surface area contributed by atoms with Crippen molar-refractivity contribution in [3.05, 3.63) is 58.7 Å². The first-order valence-electron chi connectivity index (χ1n) is 15.1. The summed E-state index contributed by atoms with van der Waals surface area (Å²) in [5.41, 5.74) is 5.28.